The molecule has 0 spiro atoms. The van der Waals surface area contributed by atoms with E-state index in [1.54, 1.807) is 6.07 Å². The highest BCUT2D eigenvalue weighted by molar-refractivity contribution is 5.99. The standard InChI is InChI=1S/C17H25NO4/c1-4-18(5-2)13-10-11-14(16(12-13)22-6-3)15(19)8-7-9-17(20)21/h10-12H,4-9H2,1-3H3,(H,20,21). The molecule has 5 heteroatoms. The normalized spacial score (nSPS) is 10.3. The number of carbonyl (C=O) groups excluding carboxylic acids is 1. The predicted molar refractivity (Wildman–Crippen MR) is 87.0 cm³/mol. The molecule has 0 saturated carbocycles. The topological polar surface area (TPSA) is 66.8 Å². The van der Waals surface area contributed by atoms with Gasteiger partial charge in [0.05, 0.1) is 12.2 Å². The molecule has 1 aromatic carbocycles. The Morgan fingerprint density at radius 3 is 2.36 bits per heavy atom. The third-order valence-corrected chi connectivity index (χ3v) is 3.49. The first kappa shape index (κ1) is 18.0. The SMILES string of the molecule is CCOc1cc(N(CC)CC)ccc1C(=O)CCCC(=O)O. The van der Waals surface area contributed by atoms with E-state index in [0.29, 0.717) is 24.3 Å². The number of rotatable bonds is 10. The Morgan fingerprint density at radius 2 is 1.82 bits per heavy atom. The van der Waals surface area contributed by atoms with Gasteiger partial charge in [-0.1, -0.05) is 0 Å². The summed E-state index contributed by atoms with van der Waals surface area (Å²) < 4.78 is 5.60. The van der Waals surface area contributed by atoms with Crippen LogP contribution in [-0.4, -0.2) is 36.6 Å². The molecule has 0 bridgehead atoms. The third kappa shape index (κ3) is 5.06. The van der Waals surface area contributed by atoms with E-state index in [0.717, 1.165) is 18.8 Å². The Balaban J connectivity index is 2.93. The first-order chi connectivity index (χ1) is 10.5. The van der Waals surface area contributed by atoms with Crippen LogP contribution in [0.3, 0.4) is 0 Å². The van der Waals surface area contributed by atoms with Gasteiger partial charge in [0.25, 0.3) is 0 Å². The predicted octanol–water partition coefficient (Wildman–Crippen LogP) is 3.37. The fourth-order valence-corrected chi connectivity index (χ4v) is 2.34. The Hall–Kier alpha value is -2.04. The Morgan fingerprint density at radius 1 is 1.14 bits per heavy atom. The molecule has 0 radical (unpaired) electrons. The second-order valence-electron chi connectivity index (χ2n) is 4.96. The third-order valence-electron chi connectivity index (χ3n) is 3.49. The highest BCUT2D eigenvalue weighted by atomic mass is 16.5. The van der Waals surface area contributed by atoms with E-state index in [1.807, 2.05) is 19.1 Å². The van der Waals surface area contributed by atoms with Crippen molar-refractivity contribution in [3.8, 4) is 5.75 Å². The molecule has 0 atom stereocenters. The number of ether oxygens (including phenoxy) is 1. The van der Waals surface area contributed by atoms with Crippen molar-refractivity contribution in [1.29, 1.82) is 0 Å². The first-order valence-electron chi connectivity index (χ1n) is 7.80. The number of carboxylic acid groups (broad SMARTS) is 1. The number of anilines is 1. The van der Waals surface area contributed by atoms with Crippen molar-refractivity contribution in [2.24, 2.45) is 0 Å². The first-order valence-corrected chi connectivity index (χ1v) is 7.80. The molecule has 0 aliphatic rings. The second kappa shape index (κ2) is 9.07. The molecule has 0 aromatic heterocycles. The van der Waals surface area contributed by atoms with Gasteiger partial charge >= 0.3 is 5.97 Å². The summed E-state index contributed by atoms with van der Waals surface area (Å²) in [6.07, 6.45) is 0.571. The van der Waals surface area contributed by atoms with Crippen LogP contribution in [0.1, 0.15) is 50.4 Å². The van der Waals surface area contributed by atoms with Gasteiger partial charge in [-0.2, -0.15) is 0 Å². The van der Waals surface area contributed by atoms with Gasteiger partial charge in [-0.05, 0) is 39.3 Å². The van der Waals surface area contributed by atoms with Gasteiger partial charge < -0.3 is 14.7 Å². The van der Waals surface area contributed by atoms with E-state index in [-0.39, 0.29) is 18.6 Å². The summed E-state index contributed by atoms with van der Waals surface area (Å²) >= 11 is 0. The lowest BCUT2D eigenvalue weighted by Crippen LogP contribution is -2.22. The largest absolute Gasteiger partial charge is 0.493 e. The number of hydrogen-bond acceptors (Lipinski definition) is 4. The summed E-state index contributed by atoms with van der Waals surface area (Å²) in [6, 6.07) is 5.59. The molecule has 1 rings (SSSR count). The summed E-state index contributed by atoms with van der Waals surface area (Å²) in [5.41, 5.74) is 1.55. The summed E-state index contributed by atoms with van der Waals surface area (Å²) in [5.74, 6) is -0.377. The molecule has 122 valence electrons. The zero-order chi connectivity index (χ0) is 16.5. The van der Waals surface area contributed by atoms with Crippen molar-refractivity contribution >= 4 is 17.4 Å². The molecule has 0 saturated heterocycles. The van der Waals surface area contributed by atoms with Crippen LogP contribution in [0.15, 0.2) is 18.2 Å². The van der Waals surface area contributed by atoms with Gasteiger partial charge in [-0.15, -0.1) is 0 Å². The summed E-state index contributed by atoms with van der Waals surface area (Å²) in [7, 11) is 0. The van der Waals surface area contributed by atoms with E-state index in [4.69, 9.17) is 9.84 Å². The number of Topliss-reactive ketones (excluding diaryl/α,β-unsaturated/α-hetero) is 1. The molecular weight excluding hydrogens is 282 g/mol. The average molecular weight is 307 g/mol. The van der Waals surface area contributed by atoms with Crippen LogP contribution in [0.2, 0.25) is 0 Å². The van der Waals surface area contributed by atoms with Gasteiger partial charge in [-0.3, -0.25) is 9.59 Å². The van der Waals surface area contributed by atoms with Crippen molar-refractivity contribution in [2.75, 3.05) is 24.6 Å². The van der Waals surface area contributed by atoms with Crippen LogP contribution >= 0.6 is 0 Å². The number of nitrogens with zero attached hydrogens (tertiary/aromatic N) is 1. The number of benzene rings is 1. The minimum absolute atomic E-state index is 0.00718. The quantitative estimate of drug-likeness (QED) is 0.671. The average Bonchev–Trinajstić information content (AvgIpc) is 2.48. The molecule has 5 nitrogen and oxygen atoms in total. The summed E-state index contributed by atoms with van der Waals surface area (Å²) in [6.45, 7) is 8.28. The maximum absolute atomic E-state index is 12.3. The Kier molecular flexibility index (Phi) is 7.43. The van der Waals surface area contributed by atoms with Crippen molar-refractivity contribution in [2.45, 2.75) is 40.0 Å². The molecule has 0 amide bonds. The lowest BCUT2D eigenvalue weighted by molar-refractivity contribution is -0.137. The molecule has 0 heterocycles. The number of hydrogen-bond donors (Lipinski definition) is 1. The van der Waals surface area contributed by atoms with Gasteiger partial charge in [0.1, 0.15) is 5.75 Å². The number of aliphatic carboxylic acids is 1. The molecule has 0 aliphatic carbocycles. The van der Waals surface area contributed by atoms with Gasteiger partial charge in [0.2, 0.25) is 0 Å². The fourth-order valence-electron chi connectivity index (χ4n) is 2.34. The zero-order valence-corrected chi connectivity index (χ0v) is 13.6. The van der Waals surface area contributed by atoms with Gasteiger partial charge in [0, 0.05) is 37.7 Å². The second-order valence-corrected chi connectivity index (χ2v) is 4.96. The maximum atomic E-state index is 12.3. The van der Waals surface area contributed by atoms with E-state index < -0.39 is 5.97 Å². The molecule has 0 unspecified atom stereocenters. The number of carbonyl (C=O) groups is 2. The van der Waals surface area contributed by atoms with Crippen LogP contribution in [0.5, 0.6) is 5.75 Å². The summed E-state index contributed by atoms with van der Waals surface area (Å²) in [4.78, 5) is 25.0. The lowest BCUT2D eigenvalue weighted by Gasteiger charge is -2.22. The number of carboxylic acids is 1. The highest BCUT2D eigenvalue weighted by Gasteiger charge is 2.15. The van der Waals surface area contributed by atoms with Crippen LogP contribution in [0, 0.1) is 0 Å². The Labute approximate surface area is 131 Å². The fraction of sp³-hybridized carbons (Fsp3) is 0.529. The number of ketones is 1. The molecule has 0 aliphatic heterocycles. The lowest BCUT2D eigenvalue weighted by atomic mass is 10.0. The molecule has 1 aromatic rings. The summed E-state index contributed by atoms with van der Waals surface area (Å²) in [5, 5.41) is 8.65. The smallest absolute Gasteiger partial charge is 0.303 e. The van der Waals surface area contributed by atoms with Crippen molar-refractivity contribution in [3.05, 3.63) is 23.8 Å². The van der Waals surface area contributed by atoms with E-state index in [9.17, 15) is 9.59 Å². The van der Waals surface area contributed by atoms with Crippen LogP contribution in [0.4, 0.5) is 5.69 Å². The Bertz CT molecular complexity index is 509. The molecular formula is C17H25NO4. The van der Waals surface area contributed by atoms with Crippen LogP contribution < -0.4 is 9.64 Å². The molecule has 22 heavy (non-hydrogen) atoms. The van der Waals surface area contributed by atoms with E-state index in [1.165, 1.54) is 0 Å². The van der Waals surface area contributed by atoms with Crippen molar-refractivity contribution in [1.82, 2.24) is 0 Å². The highest BCUT2D eigenvalue weighted by Crippen LogP contribution is 2.27. The monoisotopic (exact) mass is 307 g/mol. The zero-order valence-electron chi connectivity index (χ0n) is 13.6. The molecule has 0 fully saturated rings. The van der Waals surface area contributed by atoms with E-state index >= 15 is 0 Å². The minimum Gasteiger partial charge on any atom is -0.493 e. The maximum Gasteiger partial charge on any atom is 0.303 e. The van der Waals surface area contributed by atoms with Crippen molar-refractivity contribution < 1.29 is 19.4 Å². The van der Waals surface area contributed by atoms with Gasteiger partial charge in [-0.25, -0.2) is 0 Å². The van der Waals surface area contributed by atoms with Crippen molar-refractivity contribution in [3.63, 3.8) is 0 Å². The van der Waals surface area contributed by atoms with Gasteiger partial charge in [0.15, 0.2) is 5.78 Å². The minimum atomic E-state index is -0.880. The van der Waals surface area contributed by atoms with Crippen LogP contribution in [-0.2, 0) is 4.79 Å². The molecule has 1 N–H and O–H groups in total. The van der Waals surface area contributed by atoms with E-state index in [2.05, 4.69) is 18.7 Å². The van der Waals surface area contributed by atoms with Crippen LogP contribution in [0.25, 0.3) is 0 Å².